The van der Waals surface area contributed by atoms with Gasteiger partial charge in [0.15, 0.2) is 5.82 Å². The van der Waals surface area contributed by atoms with Crippen molar-refractivity contribution in [1.82, 2.24) is 9.97 Å². The summed E-state index contributed by atoms with van der Waals surface area (Å²) in [5.41, 5.74) is 9.60. The third kappa shape index (κ3) is 2.83. The Morgan fingerprint density at radius 2 is 1.95 bits per heavy atom. The van der Waals surface area contributed by atoms with Crippen LogP contribution in [0.15, 0.2) is 59.5 Å². The molecule has 0 amide bonds. The molecule has 0 saturated carbocycles. The average Bonchev–Trinajstić information content (AvgIpc) is 2.50. The number of aromatic nitrogens is 2. The maximum Gasteiger partial charge on any atom is 0.291 e. The van der Waals surface area contributed by atoms with Gasteiger partial charge in [-0.2, -0.15) is 0 Å². The predicted octanol–water partition coefficient (Wildman–Crippen LogP) is 3.07. The molecule has 22 heavy (non-hydrogen) atoms. The highest BCUT2D eigenvalue weighted by Crippen LogP contribution is 2.21. The Kier molecular flexibility index (Phi) is 3.62. The molecule has 0 fully saturated rings. The fraction of sp³-hybridized carbons (Fsp3) is 0.0588. The largest absolute Gasteiger partial charge is 0.399 e. The summed E-state index contributed by atoms with van der Waals surface area (Å²) in [7, 11) is 0. The molecule has 3 aromatic rings. The van der Waals surface area contributed by atoms with Crippen LogP contribution in [0.3, 0.4) is 0 Å². The van der Waals surface area contributed by atoms with Crippen LogP contribution < -0.4 is 16.6 Å². The molecule has 0 spiro atoms. The number of rotatable bonds is 3. The van der Waals surface area contributed by atoms with Crippen LogP contribution >= 0.6 is 0 Å². The minimum absolute atomic E-state index is 0.242. The van der Waals surface area contributed by atoms with E-state index in [0.29, 0.717) is 11.4 Å². The van der Waals surface area contributed by atoms with Crippen molar-refractivity contribution in [2.24, 2.45) is 0 Å². The van der Waals surface area contributed by atoms with Gasteiger partial charge in [-0.15, -0.1) is 0 Å². The SMILES string of the molecule is Cc1ccccc1-c1c[nH]c(=O)c(Nc2cccc(N)c2)n1. The van der Waals surface area contributed by atoms with Crippen molar-refractivity contribution in [2.75, 3.05) is 11.1 Å². The number of aromatic amines is 1. The Morgan fingerprint density at radius 3 is 2.73 bits per heavy atom. The molecule has 1 aromatic heterocycles. The molecule has 0 bridgehead atoms. The summed E-state index contributed by atoms with van der Waals surface area (Å²) < 4.78 is 0. The molecular formula is C17H16N4O. The maximum atomic E-state index is 12.0. The topological polar surface area (TPSA) is 83.8 Å². The van der Waals surface area contributed by atoms with E-state index in [1.54, 1.807) is 18.3 Å². The lowest BCUT2D eigenvalue weighted by Crippen LogP contribution is -2.14. The summed E-state index contributed by atoms with van der Waals surface area (Å²) in [6.07, 6.45) is 1.62. The van der Waals surface area contributed by atoms with E-state index in [1.165, 1.54) is 0 Å². The van der Waals surface area contributed by atoms with Gasteiger partial charge in [0, 0.05) is 23.1 Å². The smallest absolute Gasteiger partial charge is 0.291 e. The van der Waals surface area contributed by atoms with Crippen molar-refractivity contribution in [3.63, 3.8) is 0 Å². The van der Waals surface area contributed by atoms with E-state index in [0.717, 1.165) is 16.8 Å². The van der Waals surface area contributed by atoms with E-state index < -0.39 is 0 Å². The number of nitrogens with two attached hydrogens (primary N) is 1. The van der Waals surface area contributed by atoms with Gasteiger partial charge in [-0.1, -0.05) is 30.3 Å². The second kappa shape index (κ2) is 5.73. The van der Waals surface area contributed by atoms with Gasteiger partial charge in [0.05, 0.1) is 5.69 Å². The summed E-state index contributed by atoms with van der Waals surface area (Å²) >= 11 is 0. The van der Waals surface area contributed by atoms with Crippen LogP contribution in [0.5, 0.6) is 0 Å². The van der Waals surface area contributed by atoms with Gasteiger partial charge in [-0.25, -0.2) is 4.98 Å². The summed E-state index contributed by atoms with van der Waals surface area (Å²) in [5, 5.41) is 3.01. The number of anilines is 3. The Bertz CT molecular complexity index is 870. The first-order valence-electron chi connectivity index (χ1n) is 6.92. The lowest BCUT2D eigenvalue weighted by atomic mass is 10.1. The third-order valence-electron chi connectivity index (χ3n) is 3.36. The molecule has 4 N–H and O–H groups in total. The quantitative estimate of drug-likeness (QED) is 0.648. The highest BCUT2D eigenvalue weighted by atomic mass is 16.1. The van der Waals surface area contributed by atoms with E-state index in [4.69, 9.17) is 5.73 Å². The number of nitrogens with zero attached hydrogens (tertiary/aromatic N) is 1. The Hall–Kier alpha value is -3.08. The van der Waals surface area contributed by atoms with Crippen LogP contribution in [0.25, 0.3) is 11.3 Å². The molecule has 0 atom stereocenters. The maximum absolute atomic E-state index is 12.0. The van der Waals surface area contributed by atoms with Gasteiger partial charge in [0.2, 0.25) is 0 Å². The molecular weight excluding hydrogens is 276 g/mol. The molecule has 3 rings (SSSR count). The molecule has 0 radical (unpaired) electrons. The first-order valence-corrected chi connectivity index (χ1v) is 6.92. The number of nitrogens with one attached hydrogen (secondary N) is 2. The summed E-state index contributed by atoms with van der Waals surface area (Å²) in [5.74, 6) is 0.242. The van der Waals surface area contributed by atoms with Crippen LogP contribution in [-0.2, 0) is 0 Å². The normalized spacial score (nSPS) is 10.4. The average molecular weight is 292 g/mol. The Labute approximate surface area is 127 Å². The number of benzene rings is 2. The van der Waals surface area contributed by atoms with Crippen molar-refractivity contribution in [3.8, 4) is 11.3 Å². The van der Waals surface area contributed by atoms with E-state index >= 15 is 0 Å². The highest BCUT2D eigenvalue weighted by Gasteiger charge is 2.08. The van der Waals surface area contributed by atoms with Crippen molar-refractivity contribution >= 4 is 17.2 Å². The molecule has 110 valence electrons. The second-order valence-electron chi connectivity index (χ2n) is 5.03. The van der Waals surface area contributed by atoms with Crippen LogP contribution in [0.2, 0.25) is 0 Å². The molecule has 2 aromatic carbocycles. The van der Waals surface area contributed by atoms with Crippen molar-refractivity contribution < 1.29 is 0 Å². The molecule has 0 aliphatic rings. The van der Waals surface area contributed by atoms with Gasteiger partial charge in [0.25, 0.3) is 5.56 Å². The molecule has 1 heterocycles. The Morgan fingerprint density at radius 1 is 1.14 bits per heavy atom. The molecule has 0 unspecified atom stereocenters. The number of nitrogen functional groups attached to an aromatic ring is 1. The number of H-pyrrole nitrogens is 1. The summed E-state index contributed by atoms with van der Waals surface area (Å²) in [4.78, 5) is 19.1. The zero-order valence-corrected chi connectivity index (χ0v) is 12.1. The number of aryl methyl sites for hydroxylation is 1. The minimum atomic E-state index is -0.278. The standard InChI is InChI=1S/C17H16N4O/c1-11-5-2-3-8-14(11)15-10-19-17(22)16(21-15)20-13-7-4-6-12(18)9-13/h2-10H,18H2,1H3,(H,19,22)(H,20,21). The first kappa shape index (κ1) is 13.9. The zero-order valence-electron chi connectivity index (χ0n) is 12.1. The monoisotopic (exact) mass is 292 g/mol. The van der Waals surface area contributed by atoms with E-state index in [9.17, 15) is 4.79 Å². The molecule has 5 nitrogen and oxygen atoms in total. The molecule has 0 aliphatic heterocycles. The van der Waals surface area contributed by atoms with Crippen LogP contribution in [0, 0.1) is 6.92 Å². The van der Waals surface area contributed by atoms with E-state index in [2.05, 4.69) is 15.3 Å². The van der Waals surface area contributed by atoms with Crippen molar-refractivity contribution in [1.29, 1.82) is 0 Å². The second-order valence-corrected chi connectivity index (χ2v) is 5.03. The van der Waals surface area contributed by atoms with Gasteiger partial charge in [-0.05, 0) is 30.7 Å². The Balaban J connectivity index is 2.01. The van der Waals surface area contributed by atoms with Crippen molar-refractivity contribution in [3.05, 3.63) is 70.6 Å². The highest BCUT2D eigenvalue weighted by molar-refractivity contribution is 5.66. The summed E-state index contributed by atoms with van der Waals surface area (Å²) in [6.45, 7) is 2.01. The number of hydrogen-bond donors (Lipinski definition) is 3. The van der Waals surface area contributed by atoms with Gasteiger partial charge < -0.3 is 16.0 Å². The fourth-order valence-electron chi connectivity index (χ4n) is 2.24. The van der Waals surface area contributed by atoms with Crippen LogP contribution in [0.1, 0.15) is 5.56 Å². The minimum Gasteiger partial charge on any atom is -0.399 e. The zero-order chi connectivity index (χ0) is 15.5. The van der Waals surface area contributed by atoms with Gasteiger partial charge in [-0.3, -0.25) is 4.79 Å². The molecule has 0 aliphatic carbocycles. The van der Waals surface area contributed by atoms with E-state index in [-0.39, 0.29) is 11.4 Å². The third-order valence-corrected chi connectivity index (χ3v) is 3.36. The van der Waals surface area contributed by atoms with Crippen LogP contribution in [-0.4, -0.2) is 9.97 Å². The van der Waals surface area contributed by atoms with Gasteiger partial charge >= 0.3 is 0 Å². The molecule has 0 saturated heterocycles. The first-order chi connectivity index (χ1) is 10.6. The van der Waals surface area contributed by atoms with Crippen molar-refractivity contribution in [2.45, 2.75) is 6.92 Å². The lowest BCUT2D eigenvalue weighted by molar-refractivity contribution is 1.14. The fourth-order valence-corrected chi connectivity index (χ4v) is 2.24. The van der Waals surface area contributed by atoms with Crippen LogP contribution in [0.4, 0.5) is 17.2 Å². The van der Waals surface area contributed by atoms with E-state index in [1.807, 2.05) is 43.3 Å². The van der Waals surface area contributed by atoms with Gasteiger partial charge in [0.1, 0.15) is 0 Å². The number of hydrogen-bond acceptors (Lipinski definition) is 4. The predicted molar refractivity (Wildman–Crippen MR) is 89.2 cm³/mol. The lowest BCUT2D eigenvalue weighted by Gasteiger charge is -2.09. The molecule has 5 heteroatoms. The summed E-state index contributed by atoms with van der Waals surface area (Å²) in [6, 6.07) is 15.1.